The molecule has 0 unspecified atom stereocenters. The minimum Gasteiger partial charge on any atom is -0.493 e. The number of nitrogens with two attached hydrogens (primary N) is 1. The van der Waals surface area contributed by atoms with Crippen LogP contribution in [-0.2, 0) is 6.42 Å². The van der Waals surface area contributed by atoms with Gasteiger partial charge >= 0.3 is 0 Å². The van der Waals surface area contributed by atoms with Gasteiger partial charge in [0, 0.05) is 5.56 Å². The molecule has 7 nitrogen and oxygen atoms in total. The first-order chi connectivity index (χ1) is 12.5. The number of nitrogens with zero attached hydrogens (tertiary/aromatic N) is 3. The Hall–Kier alpha value is -3.35. The molecule has 0 bridgehead atoms. The molecule has 2 N–H and O–H groups in total. The summed E-state index contributed by atoms with van der Waals surface area (Å²) in [5.74, 6) is 1.38. The van der Waals surface area contributed by atoms with Crippen LogP contribution in [0.25, 0.3) is 11.4 Å². The van der Waals surface area contributed by atoms with E-state index in [1.807, 2.05) is 31.2 Å². The molecule has 0 saturated carbocycles. The lowest BCUT2D eigenvalue weighted by Crippen LogP contribution is -2.17. The van der Waals surface area contributed by atoms with Crippen LogP contribution >= 0.6 is 0 Å². The lowest BCUT2D eigenvalue weighted by Gasteiger charge is -2.09. The molecular weight excluding hydrogens is 332 g/mol. The topological polar surface area (TPSA) is 92.3 Å². The third-order valence-electron chi connectivity index (χ3n) is 4.06. The second kappa shape index (κ2) is 7.26. The first kappa shape index (κ1) is 17.5. The molecule has 0 amide bonds. The van der Waals surface area contributed by atoms with Gasteiger partial charge in [0.05, 0.1) is 20.6 Å². The Labute approximate surface area is 151 Å². The summed E-state index contributed by atoms with van der Waals surface area (Å²) in [7, 11) is 3.11. The van der Waals surface area contributed by atoms with Gasteiger partial charge < -0.3 is 15.2 Å². The van der Waals surface area contributed by atoms with Gasteiger partial charge in [-0.15, -0.1) is 5.10 Å². The number of nitrogen functional groups attached to an aromatic ring is 1. The molecule has 0 fully saturated rings. The van der Waals surface area contributed by atoms with Crippen molar-refractivity contribution in [3.8, 4) is 22.9 Å². The van der Waals surface area contributed by atoms with Gasteiger partial charge in [-0.05, 0) is 30.2 Å². The number of anilines is 1. The van der Waals surface area contributed by atoms with Crippen molar-refractivity contribution in [3.05, 3.63) is 53.6 Å². The zero-order valence-electron chi connectivity index (χ0n) is 14.9. The Morgan fingerprint density at radius 3 is 2.54 bits per heavy atom. The highest BCUT2D eigenvalue weighted by molar-refractivity contribution is 5.83. The molecule has 0 aliphatic rings. The summed E-state index contributed by atoms with van der Waals surface area (Å²) in [6.45, 7) is 1.96. The molecule has 0 radical (unpaired) electrons. The van der Waals surface area contributed by atoms with Crippen LogP contribution in [0.3, 0.4) is 0 Å². The fourth-order valence-corrected chi connectivity index (χ4v) is 2.69. The van der Waals surface area contributed by atoms with E-state index in [0.29, 0.717) is 17.3 Å². The van der Waals surface area contributed by atoms with Crippen LogP contribution in [0.2, 0.25) is 0 Å². The number of hydrogen-bond acceptors (Lipinski definition) is 6. The maximum atomic E-state index is 12.6. The summed E-state index contributed by atoms with van der Waals surface area (Å²) in [4.78, 5) is 16.9. The molecule has 0 atom stereocenters. The van der Waals surface area contributed by atoms with Gasteiger partial charge in [0.1, 0.15) is 0 Å². The van der Waals surface area contributed by atoms with Crippen molar-refractivity contribution >= 4 is 11.9 Å². The molecule has 2 aromatic carbocycles. The number of carbonyl (C=O) groups is 1. The summed E-state index contributed by atoms with van der Waals surface area (Å²) in [6, 6.07) is 13.0. The average molecular weight is 352 g/mol. The minimum atomic E-state index is -0.276. The highest BCUT2D eigenvalue weighted by Gasteiger charge is 2.17. The molecule has 0 spiro atoms. The standard InChI is InChI=1S/C19H20N4O3/c1-12-6-4-5-7-14(12)18-21-19(20)23(22-18)17(24)11-13-8-9-15(25-2)16(10-13)26-3/h4-10H,11H2,1-3H3,(H2,20,21,22). The lowest BCUT2D eigenvalue weighted by atomic mass is 10.1. The van der Waals surface area contributed by atoms with Crippen molar-refractivity contribution in [3.63, 3.8) is 0 Å². The normalized spacial score (nSPS) is 10.6. The van der Waals surface area contributed by atoms with E-state index in [1.54, 1.807) is 32.4 Å². The van der Waals surface area contributed by atoms with Crippen LogP contribution in [0.5, 0.6) is 11.5 Å². The van der Waals surface area contributed by atoms with Crippen LogP contribution in [0.15, 0.2) is 42.5 Å². The van der Waals surface area contributed by atoms with Crippen molar-refractivity contribution in [2.45, 2.75) is 13.3 Å². The summed E-state index contributed by atoms with van der Waals surface area (Å²) >= 11 is 0. The van der Waals surface area contributed by atoms with Gasteiger partial charge in [0.2, 0.25) is 5.95 Å². The van der Waals surface area contributed by atoms with Crippen molar-refractivity contribution in [2.75, 3.05) is 20.0 Å². The van der Waals surface area contributed by atoms with Crippen LogP contribution in [-0.4, -0.2) is 34.9 Å². The number of rotatable bonds is 5. The SMILES string of the molecule is COc1ccc(CC(=O)n2nc(-c3ccccc3C)nc2N)cc1OC. The Kier molecular flexibility index (Phi) is 4.88. The van der Waals surface area contributed by atoms with E-state index in [2.05, 4.69) is 10.1 Å². The molecule has 0 aliphatic heterocycles. The lowest BCUT2D eigenvalue weighted by molar-refractivity contribution is 0.0901. The van der Waals surface area contributed by atoms with Gasteiger partial charge in [-0.2, -0.15) is 9.67 Å². The predicted molar refractivity (Wildman–Crippen MR) is 98.5 cm³/mol. The maximum Gasteiger partial charge on any atom is 0.254 e. The third kappa shape index (κ3) is 3.37. The van der Waals surface area contributed by atoms with E-state index in [1.165, 1.54) is 0 Å². The van der Waals surface area contributed by atoms with Gasteiger partial charge in [0.25, 0.3) is 5.91 Å². The summed E-state index contributed by atoms with van der Waals surface area (Å²) in [5, 5.41) is 4.29. The van der Waals surface area contributed by atoms with Crippen molar-refractivity contribution in [2.24, 2.45) is 0 Å². The van der Waals surface area contributed by atoms with E-state index < -0.39 is 0 Å². The first-order valence-corrected chi connectivity index (χ1v) is 8.06. The van der Waals surface area contributed by atoms with Gasteiger partial charge in [-0.25, -0.2) is 0 Å². The van der Waals surface area contributed by atoms with E-state index >= 15 is 0 Å². The molecule has 3 aromatic rings. The number of aryl methyl sites for hydroxylation is 1. The fraction of sp³-hybridized carbons (Fsp3) is 0.211. The molecule has 1 aromatic heterocycles. The van der Waals surface area contributed by atoms with E-state index in [0.717, 1.165) is 21.4 Å². The monoisotopic (exact) mass is 352 g/mol. The molecule has 26 heavy (non-hydrogen) atoms. The first-order valence-electron chi connectivity index (χ1n) is 8.06. The second-order valence-electron chi connectivity index (χ2n) is 5.78. The molecular formula is C19H20N4O3. The summed E-state index contributed by atoms with van der Waals surface area (Å²) < 4.78 is 11.6. The summed E-state index contributed by atoms with van der Waals surface area (Å²) in [5.41, 5.74) is 8.53. The molecule has 3 rings (SSSR count). The van der Waals surface area contributed by atoms with Crippen molar-refractivity contribution in [1.29, 1.82) is 0 Å². The largest absolute Gasteiger partial charge is 0.493 e. The fourth-order valence-electron chi connectivity index (χ4n) is 2.69. The Morgan fingerprint density at radius 1 is 1.12 bits per heavy atom. The third-order valence-corrected chi connectivity index (χ3v) is 4.06. The Morgan fingerprint density at radius 2 is 1.85 bits per heavy atom. The maximum absolute atomic E-state index is 12.6. The number of hydrogen-bond donors (Lipinski definition) is 1. The van der Waals surface area contributed by atoms with Gasteiger partial charge in [0.15, 0.2) is 17.3 Å². The second-order valence-corrected chi connectivity index (χ2v) is 5.78. The zero-order chi connectivity index (χ0) is 18.7. The molecule has 0 saturated heterocycles. The highest BCUT2D eigenvalue weighted by atomic mass is 16.5. The van der Waals surface area contributed by atoms with Crippen molar-refractivity contribution < 1.29 is 14.3 Å². The zero-order valence-corrected chi connectivity index (χ0v) is 14.9. The van der Waals surface area contributed by atoms with Gasteiger partial charge in [-0.3, -0.25) is 4.79 Å². The van der Waals surface area contributed by atoms with E-state index in [-0.39, 0.29) is 18.3 Å². The number of aromatic nitrogens is 3. The van der Waals surface area contributed by atoms with Crippen LogP contribution < -0.4 is 15.2 Å². The predicted octanol–water partition coefficient (Wildman–Crippen LogP) is 2.74. The molecule has 1 heterocycles. The number of ether oxygens (including phenoxy) is 2. The molecule has 0 aliphatic carbocycles. The number of carbonyl (C=O) groups excluding carboxylic acids is 1. The Bertz CT molecular complexity index is 950. The van der Waals surface area contributed by atoms with Crippen molar-refractivity contribution in [1.82, 2.24) is 14.8 Å². The molecule has 134 valence electrons. The average Bonchev–Trinajstić information content (AvgIpc) is 3.03. The Balaban J connectivity index is 1.86. The van der Waals surface area contributed by atoms with Gasteiger partial charge in [-0.1, -0.05) is 30.3 Å². The van der Waals surface area contributed by atoms with E-state index in [4.69, 9.17) is 15.2 Å². The van der Waals surface area contributed by atoms with E-state index in [9.17, 15) is 4.79 Å². The minimum absolute atomic E-state index is 0.0636. The van der Waals surface area contributed by atoms with Crippen LogP contribution in [0.1, 0.15) is 15.9 Å². The number of benzene rings is 2. The smallest absolute Gasteiger partial charge is 0.254 e. The van der Waals surface area contributed by atoms with Crippen LogP contribution in [0.4, 0.5) is 5.95 Å². The molecule has 7 heteroatoms. The quantitative estimate of drug-likeness (QED) is 0.759. The summed E-state index contributed by atoms with van der Waals surface area (Å²) in [6.07, 6.45) is 0.112. The van der Waals surface area contributed by atoms with Crippen LogP contribution in [0, 0.1) is 6.92 Å². The highest BCUT2D eigenvalue weighted by Crippen LogP contribution is 2.28. The number of methoxy groups -OCH3 is 2.